The summed E-state index contributed by atoms with van der Waals surface area (Å²) >= 11 is 2.33. The molecule has 0 nitrogen and oxygen atoms in total. The number of hydrogen-bond acceptors (Lipinski definition) is 0. The Morgan fingerprint density at radius 3 is 2.45 bits per heavy atom. The molecule has 0 saturated carbocycles. The molecule has 1 unspecified atom stereocenters. The Labute approximate surface area is 141 Å². The summed E-state index contributed by atoms with van der Waals surface area (Å²) in [7, 11) is 0. The Bertz CT molecular complexity index is 884. The van der Waals surface area contributed by atoms with Crippen molar-refractivity contribution >= 4 is 34.6 Å². The molecule has 1 aliphatic carbocycles. The third-order valence-electron chi connectivity index (χ3n) is 4.98. The van der Waals surface area contributed by atoms with E-state index < -0.39 is 0 Å². The van der Waals surface area contributed by atoms with Gasteiger partial charge in [-0.25, -0.2) is 0 Å². The van der Waals surface area contributed by atoms with E-state index in [1.165, 1.54) is 33.0 Å². The molecule has 0 fully saturated rings. The fourth-order valence-electron chi connectivity index (χ4n) is 3.74. The fourth-order valence-corrected chi connectivity index (χ4v) is 3.74. The van der Waals surface area contributed by atoms with E-state index >= 15 is 0 Å². The van der Waals surface area contributed by atoms with Gasteiger partial charge in [-0.2, -0.15) is 0 Å². The monoisotopic (exact) mass is 276 g/mol. The van der Waals surface area contributed by atoms with Crippen LogP contribution in [-0.2, 0) is 0 Å². The molecule has 0 aromatic heterocycles. The fraction of sp³-hybridized carbons (Fsp3) is 0.143. The maximum absolute atomic E-state index is 2.41. The van der Waals surface area contributed by atoms with E-state index in [0.29, 0.717) is 4.59 Å². The van der Waals surface area contributed by atoms with Gasteiger partial charge in [0.15, 0.2) is 0 Å². The molecule has 0 bridgehead atoms. The van der Waals surface area contributed by atoms with Gasteiger partial charge in [-0.1, -0.05) is 0 Å². The van der Waals surface area contributed by atoms with Crippen molar-refractivity contribution in [2.45, 2.75) is 17.9 Å². The minimum atomic E-state index is 0.551. The molecule has 3 aromatic carbocycles. The molecule has 0 radical (unpaired) electrons. The number of hydrogen-bond donors (Lipinski definition) is 0. The van der Waals surface area contributed by atoms with Crippen molar-refractivity contribution in [3.05, 3.63) is 77.4 Å². The molecule has 0 amide bonds. The molecule has 0 N–H and O–H groups in total. The molecule has 1 aliphatic rings. The first kappa shape index (κ1) is 13.9. The quantitative estimate of drug-likeness (QED) is 0.540. The Kier molecular flexibility index (Phi) is 3.45. The van der Waals surface area contributed by atoms with Gasteiger partial charge >= 0.3 is 141 Å². The second-order valence-electron chi connectivity index (χ2n) is 6.13. The molecule has 1 heteroatoms. The maximum atomic E-state index is 2.41. The van der Waals surface area contributed by atoms with Gasteiger partial charge in [0, 0.05) is 0 Å². The summed E-state index contributed by atoms with van der Waals surface area (Å²) in [6.07, 6.45) is 3.54. The average molecular weight is 276 g/mol. The molecule has 4 rings (SSSR count). The van der Waals surface area contributed by atoms with Gasteiger partial charge in [0.25, 0.3) is 0 Å². The van der Waals surface area contributed by atoms with Crippen molar-refractivity contribution in [1.29, 1.82) is 0 Å². The van der Waals surface area contributed by atoms with Gasteiger partial charge in [-0.3, -0.25) is 0 Å². The molecule has 1 atom stereocenters. The van der Waals surface area contributed by atoms with Crippen LogP contribution < -0.4 is 0 Å². The van der Waals surface area contributed by atoms with E-state index in [0.717, 1.165) is 6.42 Å². The van der Waals surface area contributed by atoms with Crippen molar-refractivity contribution in [1.82, 2.24) is 0 Å². The number of fused-ring (bicyclic) bond motifs is 2. The van der Waals surface area contributed by atoms with E-state index in [4.69, 9.17) is 0 Å². The van der Waals surface area contributed by atoms with Gasteiger partial charge < -0.3 is 0 Å². The Morgan fingerprint density at radius 1 is 0.864 bits per heavy atom. The summed E-state index contributed by atoms with van der Waals surface area (Å²) in [5.41, 5.74) is 7.15. The second kappa shape index (κ2) is 5.47. The first-order valence-corrected chi connectivity index (χ1v) is 8.11. The van der Waals surface area contributed by atoms with Crippen LogP contribution >= 0.6 is 0 Å². The Balaban J connectivity index is 2.00. The molecular weight excluding hydrogens is 259 g/mol. The summed E-state index contributed by atoms with van der Waals surface area (Å²) in [5.74, 6) is 0. The zero-order valence-corrected chi connectivity index (χ0v) is 13.1. The topological polar surface area (TPSA) is 0 Å². The van der Waals surface area contributed by atoms with Crippen LogP contribution in [0.5, 0.6) is 0 Å². The Hall–Kier alpha value is -1.74. The van der Waals surface area contributed by atoms with Crippen molar-refractivity contribution in [3.63, 3.8) is 0 Å². The molecular formula is C21H17Li. The predicted molar refractivity (Wildman–Crippen MR) is 96.1 cm³/mol. The van der Waals surface area contributed by atoms with E-state index in [1.54, 1.807) is 5.57 Å². The van der Waals surface area contributed by atoms with Crippen molar-refractivity contribution in [2.75, 3.05) is 0 Å². The van der Waals surface area contributed by atoms with E-state index in [2.05, 4.69) is 91.4 Å². The van der Waals surface area contributed by atoms with Crippen molar-refractivity contribution in [3.8, 4) is 11.1 Å². The standard InChI is InChI=1S/C21H17.Li/c1-2-15-13-17-9-6-12-20(21(17)14-15)19-11-5-8-16-7-3-4-10-18(16)19;/h3-14H,2H2,1H3;. The number of rotatable bonds is 2. The summed E-state index contributed by atoms with van der Waals surface area (Å²) in [5, 5.41) is 2.65. The van der Waals surface area contributed by atoms with Gasteiger partial charge in [0.1, 0.15) is 0 Å². The summed E-state index contributed by atoms with van der Waals surface area (Å²) in [6, 6.07) is 22.0. The van der Waals surface area contributed by atoms with Crippen LogP contribution in [0.25, 0.3) is 28.0 Å². The summed E-state index contributed by atoms with van der Waals surface area (Å²) < 4.78 is 0.551. The third kappa shape index (κ3) is 2.07. The molecule has 22 heavy (non-hydrogen) atoms. The number of benzene rings is 3. The van der Waals surface area contributed by atoms with Crippen LogP contribution in [0.15, 0.2) is 66.2 Å². The van der Waals surface area contributed by atoms with Gasteiger partial charge in [-0.05, 0) is 0 Å². The SMILES string of the molecule is [Li][CH]1C(CC)=Cc2c(-c3cccc4ccccc34)cccc21. The molecule has 102 valence electrons. The molecule has 0 heterocycles. The van der Waals surface area contributed by atoms with Crippen LogP contribution in [0, 0.1) is 0 Å². The Morgan fingerprint density at radius 2 is 1.59 bits per heavy atom. The predicted octanol–water partition coefficient (Wildman–Crippen LogP) is 5.52. The second-order valence-corrected chi connectivity index (χ2v) is 6.13. The minimum absolute atomic E-state index is 0.551. The average Bonchev–Trinajstić information content (AvgIpc) is 2.91. The molecule has 0 saturated heterocycles. The molecule has 3 aromatic rings. The van der Waals surface area contributed by atoms with Crippen LogP contribution in [-0.4, -0.2) is 17.7 Å². The van der Waals surface area contributed by atoms with Crippen LogP contribution in [0.4, 0.5) is 0 Å². The zero-order valence-electron chi connectivity index (χ0n) is 13.1. The summed E-state index contributed by atoms with van der Waals surface area (Å²) in [6.45, 7) is 2.26. The van der Waals surface area contributed by atoms with Crippen LogP contribution in [0.1, 0.15) is 29.1 Å². The van der Waals surface area contributed by atoms with Crippen LogP contribution in [0.2, 0.25) is 0 Å². The van der Waals surface area contributed by atoms with Gasteiger partial charge in [-0.15, -0.1) is 0 Å². The van der Waals surface area contributed by atoms with E-state index in [-0.39, 0.29) is 0 Å². The van der Waals surface area contributed by atoms with Crippen molar-refractivity contribution < 1.29 is 0 Å². The zero-order chi connectivity index (χ0) is 15.1. The first-order valence-electron chi connectivity index (χ1n) is 8.11. The van der Waals surface area contributed by atoms with Gasteiger partial charge in [0.05, 0.1) is 0 Å². The molecule has 0 spiro atoms. The molecule has 0 aliphatic heterocycles. The van der Waals surface area contributed by atoms with E-state index in [1.807, 2.05) is 0 Å². The van der Waals surface area contributed by atoms with Crippen LogP contribution in [0.3, 0.4) is 0 Å². The first-order chi connectivity index (χ1) is 10.8. The van der Waals surface area contributed by atoms with Crippen molar-refractivity contribution in [2.24, 2.45) is 0 Å². The van der Waals surface area contributed by atoms with Gasteiger partial charge in [0.2, 0.25) is 0 Å². The number of allylic oxidation sites excluding steroid dienone is 1. The summed E-state index contributed by atoms with van der Waals surface area (Å²) in [4.78, 5) is 0. The van der Waals surface area contributed by atoms with E-state index in [9.17, 15) is 0 Å². The normalized spacial score (nSPS) is 16.7. The third-order valence-corrected chi connectivity index (χ3v) is 4.98.